The minimum absolute atomic E-state index is 0. The van der Waals surface area contributed by atoms with Crippen LogP contribution in [0, 0.1) is 0 Å². The fraction of sp³-hybridized carbons (Fsp3) is 0.571. The molecule has 0 spiro atoms. The maximum Gasteiger partial charge on any atom is 0.243 e. The van der Waals surface area contributed by atoms with Crippen molar-refractivity contribution >= 4 is 42.2 Å². The molecule has 0 radical (unpaired) electrons. The fourth-order valence-corrected chi connectivity index (χ4v) is 2.56. The number of ether oxygens (including phenoxy) is 1. The van der Waals surface area contributed by atoms with Crippen LogP contribution in [-0.2, 0) is 9.53 Å². The van der Waals surface area contributed by atoms with Gasteiger partial charge in [-0.2, -0.15) is 0 Å². The molecule has 0 aromatic carbocycles. The molecular formula is C14H22Cl2N4O2. The molecule has 0 saturated carbocycles. The maximum absolute atomic E-state index is 12.0. The Kier molecular flexibility index (Phi) is 7.89. The van der Waals surface area contributed by atoms with Crippen LogP contribution >= 0.6 is 24.8 Å². The van der Waals surface area contributed by atoms with Gasteiger partial charge in [0.2, 0.25) is 5.91 Å². The molecule has 2 aliphatic heterocycles. The molecule has 3 rings (SSSR count). The summed E-state index contributed by atoms with van der Waals surface area (Å²) >= 11 is 0. The van der Waals surface area contributed by atoms with E-state index in [9.17, 15) is 4.79 Å². The molecule has 2 saturated heterocycles. The van der Waals surface area contributed by atoms with Gasteiger partial charge in [0.1, 0.15) is 11.9 Å². The SMILES string of the molecule is Cl.Cl.O=C(Nc1ccc(N2CCCC2)nc1)C1COCCN1. The number of hydrogen-bond donors (Lipinski definition) is 2. The average Bonchev–Trinajstić information content (AvgIpc) is 3.03. The molecule has 1 aromatic rings. The second-order valence-corrected chi connectivity index (χ2v) is 5.17. The van der Waals surface area contributed by atoms with Crippen LogP contribution in [0.5, 0.6) is 0 Å². The monoisotopic (exact) mass is 348 g/mol. The summed E-state index contributed by atoms with van der Waals surface area (Å²) in [6, 6.07) is 3.59. The van der Waals surface area contributed by atoms with E-state index in [-0.39, 0.29) is 36.8 Å². The van der Waals surface area contributed by atoms with Gasteiger partial charge >= 0.3 is 0 Å². The Labute approximate surface area is 142 Å². The average molecular weight is 349 g/mol. The van der Waals surface area contributed by atoms with Crippen LogP contribution in [0.4, 0.5) is 11.5 Å². The predicted octanol–water partition coefficient (Wildman–Crippen LogP) is 1.45. The van der Waals surface area contributed by atoms with E-state index < -0.39 is 0 Å². The van der Waals surface area contributed by atoms with Crippen LogP contribution in [0.15, 0.2) is 18.3 Å². The van der Waals surface area contributed by atoms with Gasteiger partial charge in [-0.25, -0.2) is 4.98 Å². The maximum atomic E-state index is 12.0. The highest BCUT2D eigenvalue weighted by molar-refractivity contribution is 5.94. The van der Waals surface area contributed by atoms with Gasteiger partial charge in [0.15, 0.2) is 0 Å². The summed E-state index contributed by atoms with van der Waals surface area (Å²) in [5.41, 5.74) is 0.727. The number of aromatic nitrogens is 1. The van der Waals surface area contributed by atoms with Gasteiger partial charge in [-0.05, 0) is 25.0 Å². The second-order valence-electron chi connectivity index (χ2n) is 5.17. The quantitative estimate of drug-likeness (QED) is 0.865. The Morgan fingerprint density at radius 2 is 2.09 bits per heavy atom. The molecule has 8 heteroatoms. The van der Waals surface area contributed by atoms with Crippen molar-refractivity contribution in [2.24, 2.45) is 0 Å². The summed E-state index contributed by atoms with van der Waals surface area (Å²) in [4.78, 5) is 18.7. The van der Waals surface area contributed by atoms with Crippen molar-refractivity contribution in [2.75, 3.05) is 43.1 Å². The van der Waals surface area contributed by atoms with Crippen molar-refractivity contribution in [1.29, 1.82) is 0 Å². The zero-order chi connectivity index (χ0) is 13.8. The molecule has 22 heavy (non-hydrogen) atoms. The molecule has 3 heterocycles. The standard InChI is InChI=1S/C14H20N4O2.2ClH/c19-14(12-10-20-8-5-15-12)17-11-3-4-13(16-9-11)18-6-1-2-7-18;;/h3-4,9,12,15H,1-2,5-8,10H2,(H,17,19);2*1H. The first kappa shape index (κ1) is 19.0. The Balaban J connectivity index is 0.00000121. The number of halogens is 2. The Hall–Kier alpha value is -1.08. The van der Waals surface area contributed by atoms with E-state index in [0.29, 0.717) is 19.8 Å². The number of amides is 1. The lowest BCUT2D eigenvalue weighted by atomic mass is 10.2. The van der Waals surface area contributed by atoms with Crippen molar-refractivity contribution in [3.8, 4) is 0 Å². The van der Waals surface area contributed by atoms with E-state index in [1.807, 2.05) is 12.1 Å². The number of pyridine rings is 1. The number of carbonyl (C=O) groups is 1. The van der Waals surface area contributed by atoms with Crippen LogP contribution in [0.3, 0.4) is 0 Å². The van der Waals surface area contributed by atoms with Crippen LogP contribution < -0.4 is 15.5 Å². The molecule has 0 aliphatic carbocycles. The van der Waals surface area contributed by atoms with Crippen molar-refractivity contribution in [2.45, 2.75) is 18.9 Å². The van der Waals surface area contributed by atoms with Crippen molar-refractivity contribution < 1.29 is 9.53 Å². The van der Waals surface area contributed by atoms with Gasteiger partial charge in [0.05, 0.1) is 25.1 Å². The first-order chi connectivity index (χ1) is 9.83. The van der Waals surface area contributed by atoms with E-state index in [2.05, 4.69) is 20.5 Å². The second kappa shape index (κ2) is 9.15. The molecule has 2 aliphatic rings. The van der Waals surface area contributed by atoms with E-state index >= 15 is 0 Å². The van der Waals surface area contributed by atoms with Crippen LogP contribution in [0.2, 0.25) is 0 Å². The molecule has 2 fully saturated rings. The van der Waals surface area contributed by atoms with Crippen LogP contribution in [-0.4, -0.2) is 49.8 Å². The normalized spacial score (nSPS) is 20.7. The van der Waals surface area contributed by atoms with Gasteiger partial charge < -0.3 is 20.3 Å². The molecule has 1 aromatic heterocycles. The van der Waals surface area contributed by atoms with Gasteiger partial charge in [-0.3, -0.25) is 4.79 Å². The van der Waals surface area contributed by atoms with E-state index in [1.165, 1.54) is 12.8 Å². The minimum Gasteiger partial charge on any atom is -0.378 e. The number of nitrogens with one attached hydrogen (secondary N) is 2. The van der Waals surface area contributed by atoms with Crippen molar-refractivity contribution in [3.05, 3.63) is 18.3 Å². The zero-order valence-electron chi connectivity index (χ0n) is 12.3. The molecular weight excluding hydrogens is 327 g/mol. The number of anilines is 2. The van der Waals surface area contributed by atoms with Gasteiger partial charge in [0.25, 0.3) is 0 Å². The van der Waals surface area contributed by atoms with Crippen LogP contribution in [0.25, 0.3) is 0 Å². The summed E-state index contributed by atoms with van der Waals surface area (Å²) in [7, 11) is 0. The predicted molar refractivity (Wildman–Crippen MR) is 91.4 cm³/mol. The highest BCUT2D eigenvalue weighted by Gasteiger charge is 2.21. The molecule has 1 atom stereocenters. The number of hydrogen-bond acceptors (Lipinski definition) is 5. The Bertz CT molecular complexity index is 460. The molecule has 6 nitrogen and oxygen atoms in total. The number of nitrogens with zero attached hydrogens (tertiary/aromatic N) is 2. The first-order valence-corrected chi connectivity index (χ1v) is 7.16. The molecule has 1 amide bonds. The zero-order valence-corrected chi connectivity index (χ0v) is 13.9. The van der Waals surface area contributed by atoms with Gasteiger partial charge in [0, 0.05) is 19.6 Å². The van der Waals surface area contributed by atoms with E-state index in [0.717, 1.165) is 24.6 Å². The number of carbonyl (C=O) groups excluding carboxylic acids is 1. The summed E-state index contributed by atoms with van der Waals surface area (Å²) in [5, 5.41) is 6.00. The lowest BCUT2D eigenvalue weighted by Crippen LogP contribution is -2.48. The molecule has 124 valence electrons. The highest BCUT2D eigenvalue weighted by atomic mass is 35.5. The van der Waals surface area contributed by atoms with E-state index in [4.69, 9.17) is 4.74 Å². The molecule has 0 bridgehead atoms. The first-order valence-electron chi connectivity index (χ1n) is 7.16. The van der Waals surface area contributed by atoms with E-state index in [1.54, 1.807) is 6.20 Å². The third-order valence-corrected chi connectivity index (χ3v) is 3.68. The lowest BCUT2D eigenvalue weighted by molar-refractivity contribution is -0.120. The third-order valence-electron chi connectivity index (χ3n) is 3.68. The molecule has 1 unspecified atom stereocenters. The topological polar surface area (TPSA) is 66.5 Å². The van der Waals surface area contributed by atoms with Crippen molar-refractivity contribution in [3.63, 3.8) is 0 Å². The third kappa shape index (κ3) is 4.71. The summed E-state index contributed by atoms with van der Waals surface area (Å²) in [6.07, 6.45) is 4.18. The van der Waals surface area contributed by atoms with Gasteiger partial charge in [-0.15, -0.1) is 24.8 Å². The lowest BCUT2D eigenvalue weighted by Gasteiger charge is -2.23. The summed E-state index contributed by atoms with van der Waals surface area (Å²) < 4.78 is 5.28. The Morgan fingerprint density at radius 3 is 2.68 bits per heavy atom. The Morgan fingerprint density at radius 1 is 1.32 bits per heavy atom. The number of rotatable bonds is 3. The fourth-order valence-electron chi connectivity index (χ4n) is 2.56. The minimum atomic E-state index is -0.276. The van der Waals surface area contributed by atoms with Gasteiger partial charge in [-0.1, -0.05) is 0 Å². The highest BCUT2D eigenvalue weighted by Crippen LogP contribution is 2.19. The van der Waals surface area contributed by atoms with Crippen molar-refractivity contribution in [1.82, 2.24) is 10.3 Å². The largest absolute Gasteiger partial charge is 0.378 e. The summed E-state index contributed by atoms with van der Waals surface area (Å²) in [6.45, 7) is 3.94. The molecule has 2 N–H and O–H groups in total. The number of morpholine rings is 1. The smallest absolute Gasteiger partial charge is 0.243 e. The summed E-state index contributed by atoms with van der Waals surface area (Å²) in [5.74, 6) is 0.917. The van der Waals surface area contributed by atoms with Crippen LogP contribution in [0.1, 0.15) is 12.8 Å².